The molecule has 1 aromatic rings. The van der Waals surface area contributed by atoms with E-state index in [1.54, 1.807) is 45.9 Å². The summed E-state index contributed by atoms with van der Waals surface area (Å²) < 4.78 is 15.1. The molecule has 0 spiro atoms. The molecule has 9 nitrogen and oxygen atoms in total. The first-order valence-electron chi connectivity index (χ1n) is 8.57. The number of carbonyl (C=O) groups is 3. The Morgan fingerprint density at radius 3 is 2.52 bits per heavy atom. The van der Waals surface area contributed by atoms with Crippen molar-refractivity contribution >= 4 is 18.0 Å². The van der Waals surface area contributed by atoms with Crippen molar-refractivity contribution in [2.75, 3.05) is 20.3 Å². The van der Waals surface area contributed by atoms with E-state index in [9.17, 15) is 14.4 Å². The summed E-state index contributed by atoms with van der Waals surface area (Å²) in [5.41, 5.74) is -0.126. The molecular weight excluding hydrogens is 354 g/mol. The zero-order valence-electron chi connectivity index (χ0n) is 16.3. The molecule has 0 aliphatic heterocycles. The third kappa shape index (κ3) is 8.89. The molecule has 0 aliphatic rings. The van der Waals surface area contributed by atoms with Crippen molar-refractivity contribution in [3.05, 3.63) is 23.9 Å². The van der Waals surface area contributed by atoms with Crippen molar-refractivity contribution in [2.45, 2.75) is 45.8 Å². The van der Waals surface area contributed by atoms with Crippen LogP contribution in [0.25, 0.3) is 0 Å². The van der Waals surface area contributed by atoms with Crippen LogP contribution in [0.1, 0.15) is 33.4 Å². The summed E-state index contributed by atoms with van der Waals surface area (Å²) in [4.78, 5) is 40.1. The molecule has 0 aromatic carbocycles. The fourth-order valence-electron chi connectivity index (χ4n) is 2.04. The zero-order chi connectivity index (χ0) is 20.4. The summed E-state index contributed by atoms with van der Waals surface area (Å²) >= 11 is 0. The van der Waals surface area contributed by atoms with E-state index in [4.69, 9.17) is 14.2 Å². The first-order chi connectivity index (χ1) is 12.6. The smallest absolute Gasteiger partial charge is 0.408 e. The van der Waals surface area contributed by atoms with Crippen LogP contribution in [0.15, 0.2) is 18.2 Å². The number of methoxy groups -OCH3 is 1. The molecule has 9 heteroatoms. The molecule has 27 heavy (non-hydrogen) atoms. The molecule has 2 N–H and O–H groups in total. The van der Waals surface area contributed by atoms with Gasteiger partial charge in [-0.3, -0.25) is 4.79 Å². The fourth-order valence-corrected chi connectivity index (χ4v) is 2.04. The second kappa shape index (κ2) is 10.3. The van der Waals surface area contributed by atoms with Gasteiger partial charge in [0.1, 0.15) is 18.2 Å². The van der Waals surface area contributed by atoms with Crippen molar-refractivity contribution in [1.29, 1.82) is 0 Å². The van der Waals surface area contributed by atoms with Gasteiger partial charge in [0.15, 0.2) is 0 Å². The molecule has 0 bridgehead atoms. The highest BCUT2D eigenvalue weighted by Gasteiger charge is 2.24. The number of esters is 1. The van der Waals surface area contributed by atoms with Crippen LogP contribution in [-0.4, -0.2) is 54.9 Å². The second-order valence-corrected chi connectivity index (χ2v) is 6.60. The number of hydrogen-bond acceptors (Lipinski definition) is 7. The Hall–Kier alpha value is -2.84. The van der Waals surface area contributed by atoms with Crippen LogP contribution in [0.3, 0.4) is 0 Å². The lowest BCUT2D eigenvalue weighted by Gasteiger charge is -2.20. The minimum absolute atomic E-state index is 0.119. The molecule has 1 rings (SSSR count). The van der Waals surface area contributed by atoms with Crippen molar-refractivity contribution in [3.8, 4) is 5.88 Å². The largest absolute Gasteiger partial charge is 0.481 e. The lowest BCUT2D eigenvalue weighted by molar-refractivity contribution is -0.147. The van der Waals surface area contributed by atoms with Crippen LogP contribution in [0.5, 0.6) is 5.88 Å². The Balaban J connectivity index is 2.69. The Morgan fingerprint density at radius 1 is 1.22 bits per heavy atom. The predicted octanol–water partition coefficient (Wildman–Crippen LogP) is 1.21. The highest BCUT2D eigenvalue weighted by atomic mass is 16.6. The summed E-state index contributed by atoms with van der Waals surface area (Å²) in [6, 6.07) is 4.17. The van der Waals surface area contributed by atoms with Crippen LogP contribution in [0.2, 0.25) is 0 Å². The minimum atomic E-state index is -0.947. The Kier molecular flexibility index (Phi) is 8.50. The molecule has 0 fully saturated rings. The number of nitrogens with one attached hydrogen (secondary N) is 2. The van der Waals surface area contributed by atoms with Gasteiger partial charge in [-0.2, -0.15) is 0 Å². The normalized spacial score (nSPS) is 11.9. The molecule has 0 aliphatic carbocycles. The van der Waals surface area contributed by atoms with E-state index in [0.29, 0.717) is 11.6 Å². The summed E-state index contributed by atoms with van der Waals surface area (Å²) in [5, 5.41) is 4.88. The highest BCUT2D eigenvalue weighted by molar-refractivity contribution is 5.87. The molecule has 1 heterocycles. The van der Waals surface area contributed by atoms with Crippen LogP contribution in [0, 0.1) is 0 Å². The number of nitrogens with zero attached hydrogens (tertiary/aromatic N) is 1. The number of rotatable bonds is 8. The molecule has 1 aromatic heterocycles. The molecule has 0 saturated heterocycles. The monoisotopic (exact) mass is 381 g/mol. The quantitative estimate of drug-likeness (QED) is 0.650. The number of carbonyl (C=O) groups excluding carboxylic acids is 3. The van der Waals surface area contributed by atoms with Crippen LogP contribution in [-0.2, 0) is 25.5 Å². The summed E-state index contributed by atoms with van der Waals surface area (Å²) in [6.45, 7) is 6.65. The standard InChI is InChI=1S/C18H27N3O6/c1-6-26-16(23)13(10-12-8-7-9-15(20-12)25-5)21-14(22)11-19-17(24)27-18(2,3)4/h7-9,13H,6,10-11H2,1-5H3,(H,19,24)(H,21,22)/t13-/m0/s1. The van der Waals surface area contributed by atoms with Crippen molar-refractivity contribution in [2.24, 2.45) is 0 Å². The van der Waals surface area contributed by atoms with Gasteiger partial charge in [-0.15, -0.1) is 0 Å². The summed E-state index contributed by atoms with van der Waals surface area (Å²) in [6.07, 6.45) is -0.603. The van der Waals surface area contributed by atoms with E-state index < -0.39 is 29.6 Å². The molecule has 0 radical (unpaired) electrons. The zero-order valence-corrected chi connectivity index (χ0v) is 16.3. The van der Waals surface area contributed by atoms with Crippen molar-refractivity contribution < 1.29 is 28.6 Å². The molecule has 2 amide bonds. The van der Waals surface area contributed by atoms with Gasteiger partial charge in [-0.05, 0) is 33.8 Å². The second-order valence-electron chi connectivity index (χ2n) is 6.60. The van der Waals surface area contributed by atoms with Gasteiger partial charge in [0.25, 0.3) is 0 Å². The topological polar surface area (TPSA) is 116 Å². The van der Waals surface area contributed by atoms with Crippen LogP contribution in [0.4, 0.5) is 4.79 Å². The first-order valence-corrected chi connectivity index (χ1v) is 8.57. The van der Waals surface area contributed by atoms with E-state index in [1.807, 2.05) is 0 Å². The van der Waals surface area contributed by atoms with Gasteiger partial charge < -0.3 is 24.8 Å². The maximum absolute atomic E-state index is 12.2. The molecule has 0 saturated carbocycles. The predicted molar refractivity (Wildman–Crippen MR) is 97.3 cm³/mol. The number of aromatic nitrogens is 1. The number of alkyl carbamates (subject to hydrolysis) is 1. The van der Waals surface area contributed by atoms with Gasteiger partial charge in [0.05, 0.1) is 13.7 Å². The number of ether oxygens (including phenoxy) is 3. The fraction of sp³-hybridized carbons (Fsp3) is 0.556. The van der Waals surface area contributed by atoms with Gasteiger partial charge in [-0.1, -0.05) is 6.07 Å². The van der Waals surface area contributed by atoms with E-state index in [0.717, 1.165) is 0 Å². The maximum atomic E-state index is 12.2. The molecular formula is C18H27N3O6. The number of hydrogen-bond donors (Lipinski definition) is 2. The van der Waals surface area contributed by atoms with Crippen molar-refractivity contribution in [1.82, 2.24) is 15.6 Å². The van der Waals surface area contributed by atoms with Gasteiger partial charge in [0.2, 0.25) is 11.8 Å². The van der Waals surface area contributed by atoms with E-state index in [1.165, 1.54) is 7.11 Å². The van der Waals surface area contributed by atoms with Crippen molar-refractivity contribution in [3.63, 3.8) is 0 Å². The average molecular weight is 381 g/mol. The first kappa shape index (κ1) is 22.2. The van der Waals surface area contributed by atoms with Crippen LogP contribution < -0.4 is 15.4 Å². The van der Waals surface area contributed by atoms with E-state index >= 15 is 0 Å². The maximum Gasteiger partial charge on any atom is 0.408 e. The molecule has 1 atom stereocenters. The van der Waals surface area contributed by atoms with Gasteiger partial charge >= 0.3 is 12.1 Å². The number of pyridine rings is 1. The number of amides is 2. The third-order valence-electron chi connectivity index (χ3n) is 3.10. The van der Waals surface area contributed by atoms with E-state index in [2.05, 4.69) is 15.6 Å². The Morgan fingerprint density at radius 2 is 1.93 bits per heavy atom. The summed E-state index contributed by atoms with van der Waals surface area (Å²) in [7, 11) is 1.49. The Bertz CT molecular complexity index is 657. The average Bonchev–Trinajstić information content (AvgIpc) is 2.58. The molecule has 150 valence electrons. The van der Waals surface area contributed by atoms with Gasteiger partial charge in [0, 0.05) is 18.2 Å². The SMILES string of the molecule is CCOC(=O)[C@H](Cc1cccc(OC)n1)NC(=O)CNC(=O)OC(C)(C)C. The van der Waals surface area contributed by atoms with Gasteiger partial charge in [-0.25, -0.2) is 14.6 Å². The Labute approximate surface area is 158 Å². The lowest BCUT2D eigenvalue weighted by atomic mass is 10.1. The lowest BCUT2D eigenvalue weighted by Crippen LogP contribution is -2.47. The van der Waals surface area contributed by atoms with Crippen LogP contribution >= 0.6 is 0 Å². The van der Waals surface area contributed by atoms with E-state index in [-0.39, 0.29) is 19.6 Å². The highest BCUT2D eigenvalue weighted by Crippen LogP contribution is 2.09. The third-order valence-corrected chi connectivity index (χ3v) is 3.10. The minimum Gasteiger partial charge on any atom is -0.481 e. The molecule has 0 unspecified atom stereocenters. The summed E-state index contributed by atoms with van der Waals surface area (Å²) in [5.74, 6) is -0.748.